The highest BCUT2D eigenvalue weighted by molar-refractivity contribution is 5.77. The molecule has 7 heteroatoms. The van der Waals surface area contributed by atoms with Crippen molar-refractivity contribution in [2.45, 2.75) is 38.3 Å². The summed E-state index contributed by atoms with van der Waals surface area (Å²) >= 11 is 0. The van der Waals surface area contributed by atoms with Crippen molar-refractivity contribution in [2.75, 3.05) is 19.6 Å². The lowest BCUT2D eigenvalue weighted by Gasteiger charge is -2.38. The van der Waals surface area contributed by atoms with E-state index >= 15 is 0 Å². The molecule has 2 saturated heterocycles. The quantitative estimate of drug-likeness (QED) is 0.882. The molecule has 0 radical (unpaired) electrons. The predicted molar refractivity (Wildman–Crippen MR) is 74.6 cm³/mol. The van der Waals surface area contributed by atoms with E-state index in [4.69, 9.17) is 4.74 Å². The van der Waals surface area contributed by atoms with Crippen molar-refractivity contribution in [3.05, 3.63) is 18.2 Å². The summed E-state index contributed by atoms with van der Waals surface area (Å²) in [6.45, 7) is 3.99. The summed E-state index contributed by atoms with van der Waals surface area (Å²) in [5.41, 5.74) is -0.534. The molecule has 2 amide bonds. The summed E-state index contributed by atoms with van der Waals surface area (Å²) in [6, 6.07) is 0. The molecule has 3 heterocycles. The van der Waals surface area contributed by atoms with E-state index in [1.54, 1.807) is 11.1 Å². The van der Waals surface area contributed by atoms with Crippen LogP contribution >= 0.6 is 0 Å². The molecule has 0 bridgehead atoms. The molecule has 21 heavy (non-hydrogen) atoms. The number of likely N-dealkylation sites (tertiary alicyclic amines) is 1. The maximum atomic E-state index is 12.5. The number of aromatic nitrogens is 2. The fraction of sp³-hybridized carbons (Fsp3) is 0.643. The number of hydrogen-bond donors (Lipinski definition) is 1. The van der Waals surface area contributed by atoms with Crippen LogP contribution in [0.4, 0.5) is 4.79 Å². The van der Waals surface area contributed by atoms with E-state index in [0.29, 0.717) is 26.2 Å². The highest BCUT2D eigenvalue weighted by Gasteiger charge is 2.44. The monoisotopic (exact) mass is 292 g/mol. The summed E-state index contributed by atoms with van der Waals surface area (Å²) in [5.74, 6) is 0.953. The van der Waals surface area contributed by atoms with E-state index in [1.807, 2.05) is 17.7 Å². The number of alkyl carbamates (subject to hydrolysis) is 1. The average molecular weight is 292 g/mol. The van der Waals surface area contributed by atoms with Gasteiger partial charge in [-0.1, -0.05) is 6.92 Å². The molecule has 1 N–H and O–H groups in total. The highest BCUT2D eigenvalue weighted by Crippen LogP contribution is 2.28. The number of nitrogens with one attached hydrogen (secondary N) is 1. The van der Waals surface area contributed by atoms with Crippen molar-refractivity contribution >= 4 is 12.0 Å². The molecule has 1 aromatic heterocycles. The van der Waals surface area contributed by atoms with Crippen molar-refractivity contribution in [3.63, 3.8) is 0 Å². The third-order valence-electron chi connectivity index (χ3n) is 4.18. The van der Waals surface area contributed by atoms with Crippen LogP contribution in [0.25, 0.3) is 0 Å². The van der Waals surface area contributed by atoms with E-state index in [2.05, 4.69) is 10.3 Å². The van der Waals surface area contributed by atoms with E-state index in [-0.39, 0.29) is 12.0 Å². The van der Waals surface area contributed by atoms with Gasteiger partial charge in [-0.2, -0.15) is 0 Å². The lowest BCUT2D eigenvalue weighted by molar-refractivity contribution is -0.137. The zero-order valence-electron chi connectivity index (χ0n) is 12.2. The second-order valence-corrected chi connectivity index (χ2v) is 5.67. The Morgan fingerprint density at radius 3 is 3.14 bits per heavy atom. The number of amides is 2. The van der Waals surface area contributed by atoms with Gasteiger partial charge in [0.1, 0.15) is 18.0 Å². The number of nitrogens with zero attached hydrogens (tertiary/aromatic N) is 3. The third kappa shape index (κ3) is 2.72. The zero-order valence-corrected chi connectivity index (χ0v) is 12.2. The molecule has 1 atom stereocenters. The number of ether oxygens (including phenoxy) is 1. The first-order valence-corrected chi connectivity index (χ1v) is 7.36. The Labute approximate surface area is 123 Å². The molecule has 2 fully saturated rings. The molecular formula is C14H20N4O3. The van der Waals surface area contributed by atoms with Gasteiger partial charge in [0.25, 0.3) is 0 Å². The Morgan fingerprint density at radius 2 is 2.43 bits per heavy atom. The van der Waals surface area contributed by atoms with E-state index < -0.39 is 5.60 Å². The van der Waals surface area contributed by atoms with Crippen LogP contribution in [0.15, 0.2) is 12.4 Å². The van der Waals surface area contributed by atoms with Crippen LogP contribution in [0.3, 0.4) is 0 Å². The number of hydrogen-bond acceptors (Lipinski definition) is 4. The number of rotatable bonds is 3. The van der Waals surface area contributed by atoms with Crippen molar-refractivity contribution in [1.82, 2.24) is 19.8 Å². The Balaban J connectivity index is 1.66. The lowest BCUT2D eigenvalue weighted by Crippen LogP contribution is -2.53. The second-order valence-electron chi connectivity index (χ2n) is 5.67. The van der Waals surface area contributed by atoms with Crippen LogP contribution in [0.2, 0.25) is 0 Å². The van der Waals surface area contributed by atoms with Gasteiger partial charge >= 0.3 is 6.09 Å². The summed E-state index contributed by atoms with van der Waals surface area (Å²) in [4.78, 5) is 29.8. The minimum absolute atomic E-state index is 0.0460. The van der Waals surface area contributed by atoms with E-state index in [0.717, 1.165) is 25.1 Å². The van der Waals surface area contributed by atoms with Crippen LogP contribution < -0.4 is 5.32 Å². The first-order chi connectivity index (χ1) is 10.1. The summed E-state index contributed by atoms with van der Waals surface area (Å²) in [5, 5.41) is 2.69. The number of carbonyl (C=O) groups excluding carboxylic acids is 2. The SMILES string of the molecule is CCc1nccn1CC(=O)N1CCC[C@]2(CNC(=O)O2)C1. The maximum Gasteiger partial charge on any atom is 0.407 e. The molecular weight excluding hydrogens is 272 g/mol. The van der Waals surface area contributed by atoms with E-state index in [1.165, 1.54) is 0 Å². The number of carbonyl (C=O) groups is 2. The second kappa shape index (κ2) is 5.38. The van der Waals surface area contributed by atoms with Gasteiger partial charge in [-0.3, -0.25) is 4.79 Å². The standard InChI is InChI=1S/C14H20N4O3/c1-2-11-15-5-7-17(11)8-12(19)18-6-3-4-14(10-18)9-16-13(20)21-14/h5,7H,2-4,6,8-10H2,1H3,(H,16,20)/t14-/m0/s1. The lowest BCUT2D eigenvalue weighted by atomic mass is 9.93. The first kappa shape index (κ1) is 13.9. The molecule has 0 aliphatic carbocycles. The molecule has 3 rings (SSSR count). The number of piperidine rings is 1. The molecule has 7 nitrogen and oxygen atoms in total. The average Bonchev–Trinajstić information content (AvgIpc) is 3.06. The van der Waals surface area contributed by atoms with Crippen LogP contribution in [0.1, 0.15) is 25.6 Å². The van der Waals surface area contributed by atoms with Crippen molar-refractivity contribution < 1.29 is 14.3 Å². The van der Waals surface area contributed by atoms with Gasteiger partial charge in [-0.05, 0) is 12.8 Å². The fourth-order valence-corrected chi connectivity index (χ4v) is 3.08. The molecule has 114 valence electrons. The number of aryl methyl sites for hydroxylation is 1. The van der Waals surface area contributed by atoms with Crippen LogP contribution in [-0.2, 0) is 22.5 Å². The molecule has 2 aliphatic heterocycles. The largest absolute Gasteiger partial charge is 0.439 e. The smallest absolute Gasteiger partial charge is 0.407 e. The van der Waals surface area contributed by atoms with Gasteiger partial charge in [0.15, 0.2) is 0 Å². The molecule has 0 saturated carbocycles. The Morgan fingerprint density at radius 1 is 1.57 bits per heavy atom. The summed E-state index contributed by atoms with van der Waals surface area (Å²) in [7, 11) is 0. The molecule has 0 aromatic carbocycles. The van der Waals surface area contributed by atoms with E-state index in [9.17, 15) is 9.59 Å². The molecule has 1 aromatic rings. The van der Waals surface area contributed by atoms with Crippen LogP contribution in [0.5, 0.6) is 0 Å². The zero-order chi connectivity index (χ0) is 14.9. The summed E-state index contributed by atoms with van der Waals surface area (Å²) in [6.07, 6.45) is 5.62. The normalized spacial score (nSPS) is 25.0. The van der Waals surface area contributed by atoms with Gasteiger partial charge in [0.2, 0.25) is 5.91 Å². The van der Waals surface area contributed by atoms with Gasteiger partial charge in [-0.25, -0.2) is 9.78 Å². The van der Waals surface area contributed by atoms with Gasteiger partial charge in [-0.15, -0.1) is 0 Å². The highest BCUT2D eigenvalue weighted by atomic mass is 16.6. The maximum absolute atomic E-state index is 12.5. The minimum Gasteiger partial charge on any atom is -0.439 e. The molecule has 2 aliphatic rings. The van der Waals surface area contributed by atoms with Crippen LogP contribution in [0, 0.1) is 0 Å². The molecule has 0 unspecified atom stereocenters. The number of imidazole rings is 1. The Bertz CT molecular complexity index is 556. The third-order valence-corrected chi connectivity index (χ3v) is 4.18. The van der Waals surface area contributed by atoms with Crippen LogP contribution in [-0.4, -0.2) is 51.7 Å². The predicted octanol–water partition coefficient (Wildman–Crippen LogP) is 0.547. The van der Waals surface area contributed by atoms with Crippen molar-refractivity contribution in [2.24, 2.45) is 0 Å². The van der Waals surface area contributed by atoms with Crippen molar-refractivity contribution in [1.29, 1.82) is 0 Å². The van der Waals surface area contributed by atoms with Gasteiger partial charge < -0.3 is 19.5 Å². The fourth-order valence-electron chi connectivity index (χ4n) is 3.08. The summed E-state index contributed by atoms with van der Waals surface area (Å²) < 4.78 is 7.26. The molecule has 1 spiro atoms. The van der Waals surface area contributed by atoms with Gasteiger partial charge in [0, 0.05) is 25.4 Å². The first-order valence-electron chi connectivity index (χ1n) is 7.36. The topological polar surface area (TPSA) is 76.5 Å². The van der Waals surface area contributed by atoms with Gasteiger partial charge in [0.05, 0.1) is 13.1 Å². The minimum atomic E-state index is -0.534. The van der Waals surface area contributed by atoms with Crippen molar-refractivity contribution in [3.8, 4) is 0 Å². The Hall–Kier alpha value is -2.05. The Kier molecular flexibility index (Phi) is 3.57.